The third kappa shape index (κ3) is 4.43. The summed E-state index contributed by atoms with van der Waals surface area (Å²) in [4.78, 5) is 21.8. The Kier molecular flexibility index (Phi) is 7.17. The summed E-state index contributed by atoms with van der Waals surface area (Å²) in [7, 11) is 4.01. The predicted molar refractivity (Wildman–Crippen MR) is 116 cm³/mol. The van der Waals surface area contributed by atoms with Crippen LogP contribution >= 0.6 is 39.7 Å². The minimum absolute atomic E-state index is 0. The van der Waals surface area contributed by atoms with Crippen LogP contribution < -0.4 is 4.90 Å². The summed E-state index contributed by atoms with van der Waals surface area (Å²) in [5, 5.41) is 0.743. The van der Waals surface area contributed by atoms with Gasteiger partial charge in [-0.1, -0.05) is 35.6 Å². The summed E-state index contributed by atoms with van der Waals surface area (Å²) in [6, 6.07) is 13.6. The molecule has 0 unspecified atom stereocenters. The fourth-order valence-electron chi connectivity index (χ4n) is 2.55. The molecule has 7 heteroatoms. The highest BCUT2D eigenvalue weighted by Gasteiger charge is 2.23. The second-order valence-electron chi connectivity index (χ2n) is 6.16. The van der Waals surface area contributed by atoms with Gasteiger partial charge < -0.3 is 4.90 Å². The van der Waals surface area contributed by atoms with Gasteiger partial charge in [-0.25, -0.2) is 4.98 Å². The maximum absolute atomic E-state index is 13.2. The summed E-state index contributed by atoms with van der Waals surface area (Å²) < 4.78 is 1.90. The van der Waals surface area contributed by atoms with E-state index in [2.05, 4.69) is 26.9 Å². The summed E-state index contributed by atoms with van der Waals surface area (Å²) in [5.41, 5.74) is 2.75. The molecule has 0 spiro atoms. The molecule has 0 atom stereocenters. The summed E-state index contributed by atoms with van der Waals surface area (Å²) in [6.07, 6.45) is 0. The first-order valence-electron chi connectivity index (χ1n) is 8.04. The molecule has 1 aromatic heterocycles. The topological polar surface area (TPSA) is 36.4 Å². The van der Waals surface area contributed by atoms with Crippen molar-refractivity contribution in [3.63, 3.8) is 0 Å². The molecule has 1 heterocycles. The number of hydrogen-bond acceptors (Lipinski definition) is 4. The molecule has 0 aliphatic heterocycles. The van der Waals surface area contributed by atoms with Gasteiger partial charge in [-0.3, -0.25) is 9.69 Å². The van der Waals surface area contributed by atoms with E-state index in [-0.39, 0.29) is 18.3 Å². The number of carbonyl (C=O) groups is 1. The van der Waals surface area contributed by atoms with Crippen LogP contribution in [0, 0.1) is 6.92 Å². The number of carbonyl (C=O) groups excluding carboxylic acids is 1. The number of halogens is 2. The lowest BCUT2D eigenvalue weighted by atomic mass is 10.2. The predicted octanol–water partition coefficient (Wildman–Crippen LogP) is 5.00. The van der Waals surface area contributed by atoms with Gasteiger partial charge in [-0.15, -0.1) is 12.4 Å². The molecule has 0 saturated carbocycles. The van der Waals surface area contributed by atoms with Crippen molar-refractivity contribution < 1.29 is 4.79 Å². The highest BCUT2D eigenvalue weighted by atomic mass is 79.9. The van der Waals surface area contributed by atoms with Crippen LogP contribution in [0.25, 0.3) is 10.2 Å². The fourth-order valence-corrected chi connectivity index (χ4v) is 4.08. The largest absolute Gasteiger partial charge is 0.308 e. The Labute approximate surface area is 172 Å². The number of nitrogens with zero attached hydrogens (tertiary/aromatic N) is 3. The quantitative estimate of drug-likeness (QED) is 0.544. The van der Waals surface area contributed by atoms with Crippen LogP contribution in [0.5, 0.6) is 0 Å². The van der Waals surface area contributed by atoms with Crippen LogP contribution in [0.2, 0.25) is 0 Å². The monoisotopic (exact) mass is 453 g/mol. The molecule has 0 aliphatic carbocycles. The molecule has 0 saturated heterocycles. The minimum atomic E-state index is -0.0361. The lowest BCUT2D eigenvalue weighted by Crippen LogP contribution is -2.36. The highest BCUT2D eigenvalue weighted by Crippen LogP contribution is 2.32. The molecular weight excluding hydrogens is 434 g/mol. The average molecular weight is 455 g/mol. The van der Waals surface area contributed by atoms with E-state index in [0.717, 1.165) is 31.9 Å². The van der Waals surface area contributed by atoms with E-state index in [4.69, 9.17) is 4.98 Å². The zero-order valence-electron chi connectivity index (χ0n) is 14.9. The molecule has 138 valence electrons. The number of anilines is 1. The van der Waals surface area contributed by atoms with Crippen LogP contribution in [-0.4, -0.2) is 43.0 Å². The van der Waals surface area contributed by atoms with Gasteiger partial charge in [-0.05, 0) is 60.7 Å². The molecule has 0 bridgehead atoms. The maximum atomic E-state index is 13.2. The summed E-state index contributed by atoms with van der Waals surface area (Å²) in [6.45, 7) is 3.41. The van der Waals surface area contributed by atoms with Gasteiger partial charge in [0, 0.05) is 17.6 Å². The Morgan fingerprint density at radius 2 is 1.85 bits per heavy atom. The van der Waals surface area contributed by atoms with Crippen molar-refractivity contribution in [3.05, 3.63) is 58.1 Å². The number of amides is 1. The molecule has 26 heavy (non-hydrogen) atoms. The lowest BCUT2D eigenvalue weighted by Gasteiger charge is -2.22. The molecule has 3 aromatic rings. The Morgan fingerprint density at radius 1 is 1.12 bits per heavy atom. The van der Waals surface area contributed by atoms with Crippen molar-refractivity contribution in [1.29, 1.82) is 0 Å². The first-order valence-corrected chi connectivity index (χ1v) is 9.65. The number of aromatic nitrogens is 1. The first-order chi connectivity index (χ1) is 12.0. The van der Waals surface area contributed by atoms with E-state index in [1.54, 1.807) is 16.2 Å². The van der Waals surface area contributed by atoms with Crippen LogP contribution in [0.1, 0.15) is 15.9 Å². The summed E-state index contributed by atoms with van der Waals surface area (Å²) in [5.74, 6) is -0.0361. The number of hydrogen-bond donors (Lipinski definition) is 0. The van der Waals surface area contributed by atoms with Gasteiger partial charge in [-0.2, -0.15) is 0 Å². The zero-order chi connectivity index (χ0) is 18.0. The third-order valence-corrected chi connectivity index (χ3v) is 5.70. The number of likely N-dealkylation sites (N-methyl/N-ethyl adjacent to an activating group) is 1. The van der Waals surface area contributed by atoms with Crippen LogP contribution in [0.4, 0.5) is 5.13 Å². The van der Waals surface area contributed by atoms with Gasteiger partial charge in [0.25, 0.3) is 5.91 Å². The Balaban J connectivity index is 0.00000243. The van der Waals surface area contributed by atoms with Gasteiger partial charge in [0.2, 0.25) is 0 Å². The fraction of sp³-hybridized carbons (Fsp3) is 0.263. The van der Waals surface area contributed by atoms with Crippen molar-refractivity contribution in [3.8, 4) is 0 Å². The molecule has 0 fully saturated rings. The van der Waals surface area contributed by atoms with E-state index in [0.29, 0.717) is 12.1 Å². The highest BCUT2D eigenvalue weighted by molar-refractivity contribution is 9.10. The standard InChI is InChI=1S/C19H20BrN3OS.ClH/c1-13-7-6-10-16-17(13)21-19(25-16)23(12-11-22(2)3)18(24)14-8-4-5-9-15(14)20;/h4-10H,11-12H2,1-3H3;1H. The second-order valence-corrected chi connectivity index (χ2v) is 8.02. The SMILES string of the molecule is Cc1cccc2sc(N(CCN(C)C)C(=O)c3ccccc3Br)nc12.Cl. The van der Waals surface area contributed by atoms with Gasteiger partial charge >= 0.3 is 0 Å². The lowest BCUT2D eigenvalue weighted by molar-refractivity contribution is 0.0984. The Hall–Kier alpha value is -1.47. The molecule has 3 rings (SSSR count). The number of aryl methyl sites for hydroxylation is 1. The molecule has 0 aliphatic rings. The van der Waals surface area contributed by atoms with Crippen molar-refractivity contribution in [1.82, 2.24) is 9.88 Å². The average Bonchev–Trinajstić information content (AvgIpc) is 3.00. The van der Waals surface area contributed by atoms with Crippen molar-refractivity contribution in [2.75, 3.05) is 32.1 Å². The van der Waals surface area contributed by atoms with Crippen LogP contribution in [-0.2, 0) is 0 Å². The Morgan fingerprint density at radius 3 is 2.50 bits per heavy atom. The minimum Gasteiger partial charge on any atom is -0.308 e. The normalized spacial score (nSPS) is 10.8. The molecule has 2 aromatic carbocycles. The smallest absolute Gasteiger partial charge is 0.261 e. The van der Waals surface area contributed by atoms with E-state index in [9.17, 15) is 4.79 Å². The maximum Gasteiger partial charge on any atom is 0.261 e. The van der Waals surface area contributed by atoms with Gasteiger partial charge in [0.05, 0.1) is 15.8 Å². The van der Waals surface area contributed by atoms with Crippen molar-refractivity contribution in [2.24, 2.45) is 0 Å². The Bertz CT molecular complexity index is 913. The molecule has 0 N–H and O–H groups in total. The number of fused-ring (bicyclic) bond motifs is 1. The summed E-state index contributed by atoms with van der Waals surface area (Å²) >= 11 is 5.05. The number of rotatable bonds is 5. The van der Waals surface area contributed by atoms with Gasteiger partial charge in [0.1, 0.15) is 0 Å². The van der Waals surface area contributed by atoms with E-state index >= 15 is 0 Å². The van der Waals surface area contributed by atoms with Crippen molar-refractivity contribution in [2.45, 2.75) is 6.92 Å². The van der Waals surface area contributed by atoms with Gasteiger partial charge in [0.15, 0.2) is 5.13 Å². The van der Waals surface area contributed by atoms with Crippen LogP contribution in [0.3, 0.4) is 0 Å². The van der Waals surface area contributed by atoms with Crippen molar-refractivity contribution >= 4 is 60.9 Å². The van der Waals surface area contributed by atoms with E-state index in [1.807, 2.05) is 57.4 Å². The number of para-hydroxylation sites is 1. The zero-order valence-corrected chi connectivity index (χ0v) is 18.1. The number of benzene rings is 2. The molecule has 1 amide bonds. The first kappa shape index (κ1) is 20.8. The third-order valence-electron chi connectivity index (χ3n) is 3.96. The molecular formula is C19H21BrClN3OS. The molecule has 4 nitrogen and oxygen atoms in total. The van der Waals surface area contributed by atoms with E-state index in [1.165, 1.54) is 0 Å². The molecule has 0 radical (unpaired) electrons. The number of thiazole rings is 1. The van der Waals surface area contributed by atoms with E-state index < -0.39 is 0 Å². The van der Waals surface area contributed by atoms with Crippen LogP contribution in [0.15, 0.2) is 46.9 Å². The second kappa shape index (κ2) is 8.95.